The Morgan fingerprint density at radius 3 is 2.71 bits per heavy atom. The first kappa shape index (κ1) is 11.0. The van der Waals surface area contributed by atoms with Gasteiger partial charge in [0.15, 0.2) is 0 Å². The molecular formula is C11H9F3N2S. The van der Waals surface area contributed by atoms with Crippen LogP contribution in [0.1, 0.15) is 18.4 Å². The summed E-state index contributed by atoms with van der Waals surface area (Å²) in [6.45, 7) is 0. The Labute approximate surface area is 101 Å². The molecule has 0 aromatic heterocycles. The first-order valence-corrected chi connectivity index (χ1v) is 6.04. The number of anilines is 1. The molecule has 1 heterocycles. The predicted molar refractivity (Wildman–Crippen MR) is 61.3 cm³/mol. The van der Waals surface area contributed by atoms with Crippen LogP contribution in [0.15, 0.2) is 27.5 Å². The number of halogens is 3. The van der Waals surface area contributed by atoms with Crippen LogP contribution in [-0.4, -0.2) is 12.4 Å². The van der Waals surface area contributed by atoms with Gasteiger partial charge in [0.05, 0.1) is 16.1 Å². The summed E-state index contributed by atoms with van der Waals surface area (Å²) in [7, 11) is 0. The Hall–Kier alpha value is -1.17. The van der Waals surface area contributed by atoms with Gasteiger partial charge in [-0.2, -0.15) is 13.2 Å². The third-order valence-corrected chi connectivity index (χ3v) is 3.55. The van der Waals surface area contributed by atoms with Crippen LogP contribution in [0.25, 0.3) is 0 Å². The summed E-state index contributed by atoms with van der Waals surface area (Å²) in [6.07, 6.45) is -0.936. The molecule has 0 spiro atoms. The average Bonchev–Trinajstić information content (AvgIpc) is 3.10. The van der Waals surface area contributed by atoms with Crippen LogP contribution >= 0.6 is 11.9 Å². The van der Waals surface area contributed by atoms with Crippen molar-refractivity contribution >= 4 is 24.0 Å². The van der Waals surface area contributed by atoms with Gasteiger partial charge in [0, 0.05) is 18.0 Å². The quantitative estimate of drug-likeness (QED) is 0.713. The Morgan fingerprint density at radius 2 is 2.06 bits per heavy atom. The lowest BCUT2D eigenvalue weighted by Crippen LogP contribution is -2.28. The molecule has 1 aromatic rings. The van der Waals surface area contributed by atoms with Gasteiger partial charge in [-0.3, -0.25) is 0 Å². The molecule has 6 heteroatoms. The summed E-state index contributed by atoms with van der Waals surface area (Å²) in [4.78, 5) is 2.24. The first-order chi connectivity index (χ1) is 8.07. The van der Waals surface area contributed by atoms with Gasteiger partial charge in [0.2, 0.25) is 0 Å². The van der Waals surface area contributed by atoms with Crippen LogP contribution in [0.2, 0.25) is 0 Å². The minimum absolute atomic E-state index is 0.182. The summed E-state index contributed by atoms with van der Waals surface area (Å²) in [5.74, 6) is 0. The molecule has 1 saturated carbocycles. The molecule has 2 aliphatic rings. The highest BCUT2D eigenvalue weighted by molar-refractivity contribution is 7.98. The van der Waals surface area contributed by atoms with Crippen molar-refractivity contribution in [3.8, 4) is 0 Å². The fourth-order valence-corrected chi connectivity index (χ4v) is 2.61. The minimum Gasteiger partial charge on any atom is -0.327 e. The number of para-hydroxylation sites is 1. The van der Waals surface area contributed by atoms with Crippen LogP contribution < -0.4 is 4.90 Å². The van der Waals surface area contributed by atoms with Gasteiger partial charge >= 0.3 is 6.18 Å². The van der Waals surface area contributed by atoms with Crippen molar-refractivity contribution in [1.82, 2.24) is 0 Å². The molecule has 0 radical (unpaired) electrons. The van der Waals surface area contributed by atoms with E-state index in [2.05, 4.69) is 4.40 Å². The number of hydrogen-bond acceptors (Lipinski definition) is 3. The second-order valence-electron chi connectivity index (χ2n) is 4.10. The van der Waals surface area contributed by atoms with E-state index in [1.807, 2.05) is 0 Å². The summed E-state index contributed by atoms with van der Waals surface area (Å²) in [5.41, 5.74) is -0.303. The fourth-order valence-electron chi connectivity index (χ4n) is 1.91. The monoisotopic (exact) mass is 258 g/mol. The SMILES string of the molecule is FC(F)(F)c1cccc2c1N(C1CC1)C=NS2. The summed E-state index contributed by atoms with van der Waals surface area (Å²) < 4.78 is 42.9. The van der Waals surface area contributed by atoms with Crippen molar-refractivity contribution in [2.75, 3.05) is 4.90 Å². The van der Waals surface area contributed by atoms with Crippen molar-refractivity contribution in [3.63, 3.8) is 0 Å². The van der Waals surface area contributed by atoms with E-state index in [-0.39, 0.29) is 11.7 Å². The topological polar surface area (TPSA) is 15.6 Å². The van der Waals surface area contributed by atoms with Crippen molar-refractivity contribution in [2.45, 2.75) is 30.0 Å². The van der Waals surface area contributed by atoms with Crippen molar-refractivity contribution in [2.24, 2.45) is 4.40 Å². The molecule has 1 aliphatic heterocycles. The third-order valence-electron chi connectivity index (χ3n) is 2.83. The zero-order valence-electron chi connectivity index (χ0n) is 8.74. The second kappa shape index (κ2) is 3.66. The molecule has 0 amide bonds. The van der Waals surface area contributed by atoms with E-state index in [1.54, 1.807) is 11.0 Å². The standard InChI is InChI=1S/C11H9F3N2S/c12-11(13,14)8-2-1-3-9-10(8)16(6-15-17-9)7-4-5-7/h1-3,6-7H,4-5H2. The van der Waals surface area contributed by atoms with E-state index in [4.69, 9.17) is 0 Å². The smallest absolute Gasteiger partial charge is 0.327 e. The van der Waals surface area contributed by atoms with Crippen LogP contribution in [0.4, 0.5) is 18.9 Å². The molecule has 0 saturated heterocycles. The predicted octanol–water partition coefficient (Wildman–Crippen LogP) is 3.72. The number of rotatable bonds is 1. The maximum Gasteiger partial charge on any atom is 0.418 e. The van der Waals surface area contributed by atoms with E-state index in [0.717, 1.165) is 30.9 Å². The lowest BCUT2D eigenvalue weighted by Gasteiger charge is -2.27. The van der Waals surface area contributed by atoms with Crippen molar-refractivity contribution < 1.29 is 13.2 Å². The van der Waals surface area contributed by atoms with E-state index in [9.17, 15) is 13.2 Å². The van der Waals surface area contributed by atoms with Gasteiger partial charge in [-0.15, -0.1) is 0 Å². The van der Waals surface area contributed by atoms with E-state index in [1.165, 1.54) is 12.4 Å². The highest BCUT2D eigenvalue weighted by atomic mass is 32.2. The first-order valence-electron chi connectivity index (χ1n) is 5.26. The number of fused-ring (bicyclic) bond motifs is 1. The molecule has 0 unspecified atom stereocenters. The fraction of sp³-hybridized carbons (Fsp3) is 0.364. The molecular weight excluding hydrogens is 249 g/mol. The third kappa shape index (κ3) is 1.90. The zero-order valence-corrected chi connectivity index (χ0v) is 9.55. The highest BCUT2D eigenvalue weighted by Crippen LogP contribution is 2.46. The zero-order chi connectivity index (χ0) is 12.0. The molecule has 0 N–H and O–H groups in total. The van der Waals surface area contributed by atoms with Crippen LogP contribution in [0.3, 0.4) is 0 Å². The lowest BCUT2D eigenvalue weighted by atomic mass is 10.1. The molecule has 1 fully saturated rings. The molecule has 2 nitrogen and oxygen atoms in total. The Morgan fingerprint density at radius 1 is 1.29 bits per heavy atom. The van der Waals surface area contributed by atoms with Crippen molar-refractivity contribution in [3.05, 3.63) is 23.8 Å². The molecule has 0 atom stereocenters. The molecule has 90 valence electrons. The summed E-state index contributed by atoms with van der Waals surface area (Å²) >= 11 is 1.10. The number of benzene rings is 1. The molecule has 1 aromatic carbocycles. The maximum absolute atomic E-state index is 13.0. The maximum atomic E-state index is 13.0. The van der Waals surface area contributed by atoms with E-state index in [0.29, 0.717) is 4.90 Å². The molecule has 17 heavy (non-hydrogen) atoms. The number of hydrogen-bond donors (Lipinski definition) is 0. The van der Waals surface area contributed by atoms with Gasteiger partial charge in [0.25, 0.3) is 0 Å². The van der Waals surface area contributed by atoms with Crippen LogP contribution in [0, 0.1) is 0 Å². The minimum atomic E-state index is -4.32. The van der Waals surface area contributed by atoms with Gasteiger partial charge in [-0.25, -0.2) is 4.40 Å². The Kier molecular flexibility index (Phi) is 2.36. The highest BCUT2D eigenvalue weighted by Gasteiger charge is 2.40. The van der Waals surface area contributed by atoms with Crippen molar-refractivity contribution in [1.29, 1.82) is 0 Å². The number of nitrogens with zero attached hydrogens (tertiary/aromatic N) is 2. The lowest BCUT2D eigenvalue weighted by molar-refractivity contribution is -0.137. The normalized spacial score (nSPS) is 19.4. The van der Waals surface area contributed by atoms with Gasteiger partial charge in [0.1, 0.15) is 6.34 Å². The second-order valence-corrected chi connectivity index (χ2v) is 4.93. The molecule has 0 bridgehead atoms. The van der Waals surface area contributed by atoms with Crippen LogP contribution in [0.5, 0.6) is 0 Å². The molecule has 1 aliphatic carbocycles. The average molecular weight is 258 g/mol. The van der Waals surface area contributed by atoms with E-state index < -0.39 is 11.7 Å². The summed E-state index contributed by atoms with van der Waals surface area (Å²) in [5, 5.41) is 0. The van der Waals surface area contributed by atoms with Gasteiger partial charge < -0.3 is 4.90 Å². The largest absolute Gasteiger partial charge is 0.418 e. The molecule has 3 rings (SSSR count). The van der Waals surface area contributed by atoms with E-state index >= 15 is 0 Å². The Balaban J connectivity index is 2.14. The van der Waals surface area contributed by atoms with Crippen LogP contribution in [-0.2, 0) is 6.18 Å². The number of alkyl halides is 3. The van der Waals surface area contributed by atoms with Gasteiger partial charge in [-0.05, 0) is 25.0 Å². The Bertz CT molecular complexity index is 480. The van der Waals surface area contributed by atoms with Gasteiger partial charge in [-0.1, -0.05) is 6.07 Å². The summed E-state index contributed by atoms with van der Waals surface area (Å²) in [6, 6.07) is 4.43.